The molecule has 10 heteroatoms. The van der Waals surface area contributed by atoms with Crippen LogP contribution in [0.3, 0.4) is 0 Å². The molecule has 1 atom stereocenters. The number of hydrogen-bond donors (Lipinski definition) is 1. The van der Waals surface area contributed by atoms with Crippen LogP contribution in [-0.4, -0.2) is 46.5 Å². The van der Waals surface area contributed by atoms with E-state index in [1.807, 2.05) is 0 Å². The second-order valence-electron chi connectivity index (χ2n) is 7.43. The molecule has 0 bridgehead atoms. The molecule has 1 aromatic carbocycles. The SMILES string of the molecule is C[C@H]1CCCN(c2nc3ncnc(SCC(=O)Nc4ccc5c(c4)OCO5)c3s2)C1. The number of benzene rings is 1. The van der Waals surface area contributed by atoms with Gasteiger partial charge in [0.15, 0.2) is 22.3 Å². The fraction of sp³-hybridized carbons (Fsp3) is 0.400. The van der Waals surface area contributed by atoms with Crippen LogP contribution >= 0.6 is 23.1 Å². The largest absolute Gasteiger partial charge is 0.454 e. The number of aromatic nitrogens is 3. The van der Waals surface area contributed by atoms with E-state index in [-0.39, 0.29) is 18.5 Å². The molecule has 156 valence electrons. The van der Waals surface area contributed by atoms with Crippen LogP contribution < -0.4 is 19.7 Å². The fourth-order valence-corrected chi connectivity index (χ4v) is 5.55. The molecule has 4 heterocycles. The summed E-state index contributed by atoms with van der Waals surface area (Å²) in [6.07, 6.45) is 3.97. The maximum atomic E-state index is 12.4. The lowest BCUT2D eigenvalue weighted by Gasteiger charge is -2.30. The molecule has 5 rings (SSSR count). The highest BCUT2D eigenvalue weighted by atomic mass is 32.2. The first-order chi connectivity index (χ1) is 14.7. The molecular formula is C20H21N5O3S2. The van der Waals surface area contributed by atoms with Gasteiger partial charge in [-0.3, -0.25) is 4.79 Å². The molecule has 1 amide bonds. The zero-order chi connectivity index (χ0) is 20.5. The number of nitrogens with one attached hydrogen (secondary N) is 1. The van der Waals surface area contributed by atoms with Gasteiger partial charge in [0.05, 0.1) is 5.75 Å². The lowest BCUT2D eigenvalue weighted by molar-refractivity contribution is -0.113. The first kappa shape index (κ1) is 19.4. The molecule has 8 nitrogen and oxygen atoms in total. The van der Waals surface area contributed by atoms with Gasteiger partial charge >= 0.3 is 0 Å². The van der Waals surface area contributed by atoms with E-state index in [0.717, 1.165) is 27.9 Å². The number of rotatable bonds is 5. The number of fused-ring (bicyclic) bond motifs is 2. The highest BCUT2D eigenvalue weighted by Gasteiger charge is 2.21. The Morgan fingerprint density at radius 3 is 3.13 bits per heavy atom. The Hall–Kier alpha value is -2.59. The molecule has 0 saturated carbocycles. The normalized spacial score (nSPS) is 18.0. The quantitative estimate of drug-likeness (QED) is 0.471. The van der Waals surface area contributed by atoms with Crippen molar-refractivity contribution in [2.45, 2.75) is 24.8 Å². The van der Waals surface area contributed by atoms with Crippen molar-refractivity contribution in [1.29, 1.82) is 0 Å². The third kappa shape index (κ3) is 4.01. The van der Waals surface area contributed by atoms with E-state index < -0.39 is 0 Å². The van der Waals surface area contributed by atoms with Gasteiger partial charge in [0, 0.05) is 24.8 Å². The Morgan fingerprint density at radius 1 is 1.33 bits per heavy atom. The lowest BCUT2D eigenvalue weighted by Crippen LogP contribution is -2.34. The number of thioether (sulfide) groups is 1. The first-order valence-corrected chi connectivity index (χ1v) is 11.6. The average Bonchev–Trinajstić information content (AvgIpc) is 3.39. The number of piperidine rings is 1. The summed E-state index contributed by atoms with van der Waals surface area (Å²) in [4.78, 5) is 28.2. The summed E-state index contributed by atoms with van der Waals surface area (Å²) in [7, 11) is 0. The Kier molecular flexibility index (Phi) is 5.34. The predicted octanol–water partition coefficient (Wildman–Crippen LogP) is 3.78. The summed E-state index contributed by atoms with van der Waals surface area (Å²) in [6, 6.07) is 5.36. The van der Waals surface area contributed by atoms with Gasteiger partial charge in [-0.1, -0.05) is 30.0 Å². The Bertz CT molecular complexity index is 1090. The van der Waals surface area contributed by atoms with Crippen molar-refractivity contribution in [3.05, 3.63) is 24.5 Å². The molecule has 2 aromatic heterocycles. The summed E-state index contributed by atoms with van der Waals surface area (Å²) in [6.45, 7) is 4.53. The summed E-state index contributed by atoms with van der Waals surface area (Å²) >= 11 is 3.00. The predicted molar refractivity (Wildman–Crippen MR) is 118 cm³/mol. The van der Waals surface area contributed by atoms with E-state index >= 15 is 0 Å². The van der Waals surface area contributed by atoms with E-state index in [2.05, 4.69) is 27.1 Å². The molecule has 0 radical (unpaired) electrons. The van der Waals surface area contributed by atoms with Gasteiger partial charge < -0.3 is 19.7 Å². The van der Waals surface area contributed by atoms with Crippen molar-refractivity contribution >= 4 is 50.2 Å². The number of thiazole rings is 1. The smallest absolute Gasteiger partial charge is 0.234 e. The summed E-state index contributed by atoms with van der Waals surface area (Å²) in [5.41, 5.74) is 1.37. The third-order valence-electron chi connectivity index (χ3n) is 5.07. The number of hydrogen-bond acceptors (Lipinski definition) is 9. The van der Waals surface area contributed by atoms with Gasteiger partial charge in [0.25, 0.3) is 0 Å². The van der Waals surface area contributed by atoms with Gasteiger partial charge in [-0.05, 0) is 30.9 Å². The molecule has 30 heavy (non-hydrogen) atoms. The standard InChI is InChI=1S/C20H21N5O3S2/c1-12-3-2-6-25(8-12)20-24-18-17(30-20)19(22-10-21-18)29-9-16(26)23-13-4-5-14-15(7-13)28-11-27-14/h4-5,7,10,12H,2-3,6,8-9,11H2,1H3,(H,23,26)/t12-/m0/s1. The van der Waals surface area contributed by atoms with Gasteiger partial charge in [-0.15, -0.1) is 0 Å². The van der Waals surface area contributed by atoms with Crippen molar-refractivity contribution < 1.29 is 14.3 Å². The number of anilines is 2. The Labute approximate surface area is 182 Å². The molecule has 3 aromatic rings. The van der Waals surface area contributed by atoms with Gasteiger partial charge in [-0.25, -0.2) is 9.97 Å². The first-order valence-electron chi connectivity index (χ1n) is 9.84. The highest BCUT2D eigenvalue weighted by Crippen LogP contribution is 2.36. The number of ether oxygens (including phenoxy) is 2. The van der Waals surface area contributed by atoms with Crippen molar-refractivity contribution in [2.24, 2.45) is 5.92 Å². The topological polar surface area (TPSA) is 89.5 Å². The molecule has 1 N–H and O–H groups in total. The van der Waals surface area contributed by atoms with Gasteiger partial charge in [0.2, 0.25) is 12.7 Å². The number of carbonyl (C=O) groups excluding carboxylic acids is 1. The van der Waals surface area contributed by atoms with E-state index in [1.165, 1.54) is 30.9 Å². The zero-order valence-electron chi connectivity index (χ0n) is 16.5. The minimum Gasteiger partial charge on any atom is -0.454 e. The van der Waals surface area contributed by atoms with Crippen molar-refractivity contribution in [2.75, 3.05) is 35.9 Å². The Morgan fingerprint density at radius 2 is 2.23 bits per heavy atom. The molecular weight excluding hydrogens is 422 g/mol. The van der Waals surface area contributed by atoms with Crippen LogP contribution in [0, 0.1) is 5.92 Å². The van der Waals surface area contributed by atoms with Gasteiger partial charge in [0.1, 0.15) is 16.1 Å². The minimum atomic E-state index is -0.111. The Balaban J connectivity index is 1.26. The van der Waals surface area contributed by atoms with E-state index in [1.54, 1.807) is 29.5 Å². The van der Waals surface area contributed by atoms with Crippen LogP contribution in [0.1, 0.15) is 19.8 Å². The van der Waals surface area contributed by atoms with E-state index in [0.29, 0.717) is 28.8 Å². The molecule has 2 aliphatic rings. The minimum absolute atomic E-state index is 0.111. The summed E-state index contributed by atoms with van der Waals surface area (Å²) in [5, 5.41) is 4.67. The van der Waals surface area contributed by atoms with Crippen molar-refractivity contribution in [3.8, 4) is 11.5 Å². The van der Waals surface area contributed by atoms with Crippen LogP contribution in [0.2, 0.25) is 0 Å². The average molecular weight is 444 g/mol. The summed E-state index contributed by atoms with van der Waals surface area (Å²) in [5.74, 6) is 2.14. The number of amides is 1. The number of nitrogens with zero attached hydrogens (tertiary/aromatic N) is 4. The molecule has 0 spiro atoms. The maximum absolute atomic E-state index is 12.4. The lowest BCUT2D eigenvalue weighted by atomic mass is 10.0. The molecule has 0 aliphatic carbocycles. The maximum Gasteiger partial charge on any atom is 0.234 e. The summed E-state index contributed by atoms with van der Waals surface area (Å²) < 4.78 is 11.6. The van der Waals surface area contributed by atoms with Crippen molar-refractivity contribution in [1.82, 2.24) is 15.0 Å². The van der Waals surface area contributed by atoms with Gasteiger partial charge in [-0.2, -0.15) is 4.98 Å². The van der Waals surface area contributed by atoms with Crippen LogP contribution in [0.5, 0.6) is 11.5 Å². The molecule has 1 saturated heterocycles. The third-order valence-corrected chi connectivity index (χ3v) is 7.30. The monoisotopic (exact) mass is 443 g/mol. The molecule has 2 aliphatic heterocycles. The molecule has 1 fully saturated rings. The fourth-order valence-electron chi connectivity index (χ4n) is 3.63. The van der Waals surface area contributed by atoms with E-state index in [4.69, 9.17) is 14.5 Å². The van der Waals surface area contributed by atoms with Crippen molar-refractivity contribution in [3.63, 3.8) is 0 Å². The second kappa shape index (κ2) is 8.27. The van der Waals surface area contributed by atoms with Crippen LogP contribution in [0.25, 0.3) is 10.3 Å². The number of carbonyl (C=O) groups is 1. The van der Waals surface area contributed by atoms with Crippen LogP contribution in [-0.2, 0) is 4.79 Å². The highest BCUT2D eigenvalue weighted by molar-refractivity contribution is 8.00. The van der Waals surface area contributed by atoms with Crippen LogP contribution in [0.15, 0.2) is 29.6 Å². The molecule has 0 unspecified atom stereocenters. The second-order valence-corrected chi connectivity index (χ2v) is 9.37. The van der Waals surface area contributed by atoms with E-state index in [9.17, 15) is 4.79 Å². The van der Waals surface area contributed by atoms with Crippen LogP contribution in [0.4, 0.5) is 10.8 Å². The zero-order valence-corrected chi connectivity index (χ0v) is 18.1.